The molecule has 0 unspecified atom stereocenters. The van der Waals surface area contributed by atoms with Gasteiger partial charge < -0.3 is 19.5 Å². The predicted octanol–water partition coefficient (Wildman–Crippen LogP) is 3.20. The lowest BCUT2D eigenvalue weighted by Crippen LogP contribution is -2.43. The van der Waals surface area contributed by atoms with Gasteiger partial charge in [-0.3, -0.25) is 4.90 Å². The number of aliphatic hydroxyl groups excluding tert-OH is 2. The summed E-state index contributed by atoms with van der Waals surface area (Å²) in [4.78, 5) is 6.67. The van der Waals surface area contributed by atoms with E-state index < -0.39 is 0 Å². The van der Waals surface area contributed by atoms with Crippen molar-refractivity contribution in [2.45, 2.75) is 39.0 Å². The second kappa shape index (κ2) is 10.8. The molecule has 9 heteroatoms. The van der Waals surface area contributed by atoms with Gasteiger partial charge in [0.2, 0.25) is 5.82 Å². The molecule has 0 saturated carbocycles. The molecule has 0 fully saturated rings. The fourth-order valence-electron chi connectivity index (χ4n) is 4.00. The van der Waals surface area contributed by atoms with E-state index >= 15 is 0 Å². The lowest BCUT2D eigenvalue weighted by atomic mass is 9.93. The number of hydrogen-bond donors (Lipinski definition) is 2. The summed E-state index contributed by atoms with van der Waals surface area (Å²) in [6.45, 7) is 5.03. The van der Waals surface area contributed by atoms with Crippen LogP contribution in [0.1, 0.15) is 30.5 Å². The van der Waals surface area contributed by atoms with Crippen LogP contribution < -0.4 is 4.74 Å². The van der Waals surface area contributed by atoms with Gasteiger partial charge in [0.1, 0.15) is 11.8 Å². The molecule has 2 aromatic carbocycles. The van der Waals surface area contributed by atoms with Crippen LogP contribution >= 0.6 is 12.4 Å². The molecule has 0 radical (unpaired) electrons. The second-order valence-electron chi connectivity index (χ2n) is 8.10. The van der Waals surface area contributed by atoms with Crippen LogP contribution in [-0.2, 0) is 13.0 Å². The monoisotopic (exact) mass is 470 g/mol. The summed E-state index contributed by atoms with van der Waals surface area (Å²) in [6, 6.07) is 13.1. The Bertz CT molecular complexity index is 1140. The molecule has 33 heavy (non-hydrogen) atoms. The van der Waals surface area contributed by atoms with Crippen LogP contribution in [0.5, 0.6) is 5.75 Å². The highest BCUT2D eigenvalue weighted by Crippen LogP contribution is 2.32. The smallest absolute Gasteiger partial charge is 0.258 e. The molecule has 8 nitrogen and oxygen atoms in total. The Hall–Kier alpha value is -2.96. The van der Waals surface area contributed by atoms with Crippen molar-refractivity contribution in [2.75, 3.05) is 19.8 Å². The Labute approximate surface area is 198 Å². The molecule has 1 aliphatic rings. The molecular weight excluding hydrogens is 444 g/mol. The summed E-state index contributed by atoms with van der Waals surface area (Å²) in [5, 5.41) is 32.7. The number of aliphatic hydroxyl groups is 2. The fourth-order valence-corrected chi connectivity index (χ4v) is 4.00. The molecule has 0 aliphatic carbocycles. The van der Waals surface area contributed by atoms with Gasteiger partial charge in [-0.1, -0.05) is 23.4 Å². The first-order valence-electron chi connectivity index (χ1n) is 10.7. The number of benzene rings is 2. The van der Waals surface area contributed by atoms with Gasteiger partial charge in [0.05, 0.1) is 30.9 Å². The summed E-state index contributed by atoms with van der Waals surface area (Å²) in [6.07, 6.45) is 0.722. The molecule has 2 N–H and O–H groups in total. The lowest BCUT2D eigenvalue weighted by molar-refractivity contribution is 0.0651. The molecule has 0 saturated heterocycles. The Kier molecular flexibility index (Phi) is 8.06. The summed E-state index contributed by atoms with van der Waals surface area (Å²) >= 11 is 0. The van der Waals surface area contributed by atoms with Gasteiger partial charge in [-0.25, -0.2) is 0 Å². The predicted molar refractivity (Wildman–Crippen MR) is 125 cm³/mol. The Morgan fingerprint density at radius 1 is 1.21 bits per heavy atom. The van der Waals surface area contributed by atoms with Crippen LogP contribution in [0, 0.1) is 11.3 Å². The van der Waals surface area contributed by atoms with Crippen molar-refractivity contribution >= 4 is 12.4 Å². The average molecular weight is 471 g/mol. The number of fused-ring (bicyclic) bond motifs is 1. The molecule has 174 valence electrons. The quantitative estimate of drug-likeness (QED) is 0.540. The number of aromatic nitrogens is 2. The molecule has 2 heterocycles. The highest BCUT2D eigenvalue weighted by Gasteiger charge is 2.25. The Balaban J connectivity index is 0.00000306. The summed E-state index contributed by atoms with van der Waals surface area (Å²) in [5.41, 5.74) is 4.23. The third-order valence-corrected chi connectivity index (χ3v) is 5.61. The molecule has 1 aromatic heterocycles. The van der Waals surface area contributed by atoms with Gasteiger partial charge in [-0.2, -0.15) is 10.2 Å². The number of ether oxygens (including phenoxy) is 1. The van der Waals surface area contributed by atoms with Crippen molar-refractivity contribution in [3.05, 3.63) is 53.1 Å². The maximum Gasteiger partial charge on any atom is 0.258 e. The van der Waals surface area contributed by atoms with Crippen LogP contribution in [0.4, 0.5) is 0 Å². The topological polar surface area (TPSA) is 116 Å². The maximum atomic E-state index is 9.51. The molecule has 3 aromatic rings. The van der Waals surface area contributed by atoms with E-state index in [9.17, 15) is 15.5 Å². The van der Waals surface area contributed by atoms with E-state index in [1.165, 1.54) is 0 Å². The maximum absolute atomic E-state index is 9.51. The van der Waals surface area contributed by atoms with Crippen molar-refractivity contribution in [1.82, 2.24) is 15.0 Å². The van der Waals surface area contributed by atoms with Crippen LogP contribution in [0.25, 0.3) is 22.8 Å². The molecule has 0 atom stereocenters. The zero-order valence-electron chi connectivity index (χ0n) is 18.6. The second-order valence-corrected chi connectivity index (χ2v) is 8.10. The summed E-state index contributed by atoms with van der Waals surface area (Å²) in [7, 11) is 0. The number of hydrogen-bond acceptors (Lipinski definition) is 8. The standard InChI is InChI=1S/C24H26N4O4.ClH/c1-15(2)31-22-7-6-16(10-18(22)11-25)24-26-23(27-32-24)21-5-3-4-17-12-28(9-8-20(17)21)19(13-29)14-30;/h3-7,10,15,19,29-30H,8-9,12-14H2,1-2H3;1H. The van der Waals surface area contributed by atoms with Crippen molar-refractivity contribution in [2.24, 2.45) is 0 Å². The molecule has 0 spiro atoms. The fraction of sp³-hybridized carbons (Fsp3) is 0.375. The van der Waals surface area contributed by atoms with E-state index in [0.717, 1.165) is 29.7 Å². The molecule has 4 rings (SSSR count). The molecular formula is C24H27ClN4O4. The van der Waals surface area contributed by atoms with E-state index in [-0.39, 0.29) is 37.8 Å². The first-order chi connectivity index (χ1) is 15.5. The number of halogens is 1. The van der Waals surface area contributed by atoms with Gasteiger partial charge >= 0.3 is 0 Å². The van der Waals surface area contributed by atoms with Gasteiger partial charge in [-0.15, -0.1) is 12.4 Å². The SMILES string of the molecule is CC(C)Oc1ccc(-c2nc(-c3cccc4c3CCN(C(CO)CO)C4)no2)cc1C#N.Cl. The number of nitrogens with zero attached hydrogens (tertiary/aromatic N) is 4. The highest BCUT2D eigenvalue weighted by molar-refractivity contribution is 5.85. The van der Waals surface area contributed by atoms with E-state index in [1.54, 1.807) is 18.2 Å². The molecule has 0 amide bonds. The van der Waals surface area contributed by atoms with Crippen LogP contribution in [0.3, 0.4) is 0 Å². The summed E-state index contributed by atoms with van der Waals surface area (Å²) in [5.74, 6) is 1.35. The van der Waals surface area contributed by atoms with Gasteiger partial charge in [0.25, 0.3) is 5.89 Å². The third kappa shape index (κ3) is 5.18. The average Bonchev–Trinajstić information content (AvgIpc) is 3.29. The van der Waals surface area contributed by atoms with Gasteiger partial charge in [0, 0.05) is 24.2 Å². The Morgan fingerprint density at radius 3 is 2.70 bits per heavy atom. The molecule has 1 aliphatic heterocycles. The highest BCUT2D eigenvalue weighted by atomic mass is 35.5. The minimum Gasteiger partial charge on any atom is -0.490 e. The number of nitriles is 1. The molecule has 0 bridgehead atoms. The van der Waals surface area contributed by atoms with Crippen molar-refractivity contribution in [3.63, 3.8) is 0 Å². The largest absolute Gasteiger partial charge is 0.490 e. The first-order valence-corrected chi connectivity index (χ1v) is 10.7. The van der Waals surface area contributed by atoms with Crippen LogP contribution in [0.15, 0.2) is 40.9 Å². The zero-order valence-corrected chi connectivity index (χ0v) is 19.4. The van der Waals surface area contributed by atoms with E-state index in [2.05, 4.69) is 21.1 Å². The number of rotatable bonds is 7. The minimum atomic E-state index is -0.263. The van der Waals surface area contributed by atoms with Crippen molar-refractivity contribution in [3.8, 4) is 34.7 Å². The minimum absolute atomic E-state index is 0. The first kappa shape index (κ1) is 24.7. The zero-order chi connectivity index (χ0) is 22.7. The summed E-state index contributed by atoms with van der Waals surface area (Å²) < 4.78 is 11.2. The van der Waals surface area contributed by atoms with E-state index in [4.69, 9.17) is 9.26 Å². The van der Waals surface area contributed by atoms with Gasteiger partial charge in [-0.05, 0) is 49.6 Å². The van der Waals surface area contributed by atoms with Crippen LogP contribution in [0.2, 0.25) is 0 Å². The third-order valence-electron chi connectivity index (χ3n) is 5.61. The van der Waals surface area contributed by atoms with E-state index in [0.29, 0.717) is 35.1 Å². The van der Waals surface area contributed by atoms with Gasteiger partial charge in [0.15, 0.2) is 0 Å². The van der Waals surface area contributed by atoms with Crippen molar-refractivity contribution < 1.29 is 19.5 Å². The Morgan fingerprint density at radius 2 is 2.00 bits per heavy atom. The normalized spacial score (nSPS) is 13.5. The van der Waals surface area contributed by atoms with E-state index in [1.807, 2.05) is 32.0 Å². The van der Waals surface area contributed by atoms with Crippen LogP contribution in [-0.4, -0.2) is 57.2 Å². The lowest BCUT2D eigenvalue weighted by Gasteiger charge is -2.34. The van der Waals surface area contributed by atoms with Crippen molar-refractivity contribution in [1.29, 1.82) is 5.26 Å².